The zero-order chi connectivity index (χ0) is 12.3. The van der Waals surface area contributed by atoms with Crippen molar-refractivity contribution in [3.05, 3.63) is 38.9 Å². The van der Waals surface area contributed by atoms with Crippen molar-refractivity contribution < 1.29 is 14.8 Å². The molecule has 5 nitrogen and oxygen atoms in total. The van der Waals surface area contributed by atoms with Crippen LogP contribution in [0.4, 0.5) is 5.69 Å². The molecule has 0 aliphatic carbocycles. The fourth-order valence-corrected chi connectivity index (χ4v) is 1.88. The predicted molar refractivity (Wildman–Crippen MR) is 61.8 cm³/mol. The average molecular weight is 288 g/mol. The van der Waals surface area contributed by atoms with E-state index in [1.807, 2.05) is 0 Å². The Morgan fingerprint density at radius 3 is 2.56 bits per heavy atom. The standard InChI is InChI=1S/C10H10BrNO4/c1-6-2-8(5-11)9(12(15)16)3-7(6)4-10(13)14/h2-3H,4-5H2,1H3,(H,13,14). The third-order valence-electron chi connectivity index (χ3n) is 2.22. The lowest BCUT2D eigenvalue weighted by molar-refractivity contribution is -0.385. The Morgan fingerprint density at radius 2 is 2.12 bits per heavy atom. The molecular weight excluding hydrogens is 278 g/mol. The summed E-state index contributed by atoms with van der Waals surface area (Å²) in [5.41, 5.74) is 1.74. The van der Waals surface area contributed by atoms with Crippen molar-refractivity contribution in [2.24, 2.45) is 0 Å². The predicted octanol–water partition coefficient (Wildman–Crippen LogP) is 2.43. The van der Waals surface area contributed by atoms with Gasteiger partial charge in [-0.05, 0) is 24.1 Å². The van der Waals surface area contributed by atoms with Gasteiger partial charge in [0.05, 0.1) is 11.3 Å². The first-order valence-electron chi connectivity index (χ1n) is 4.50. The molecule has 0 amide bonds. The summed E-state index contributed by atoms with van der Waals surface area (Å²) in [5.74, 6) is -0.996. The maximum Gasteiger partial charge on any atom is 0.307 e. The van der Waals surface area contributed by atoms with Crippen LogP contribution in [0.3, 0.4) is 0 Å². The number of alkyl halides is 1. The molecule has 0 bridgehead atoms. The molecular formula is C10H10BrNO4. The van der Waals surface area contributed by atoms with Crippen LogP contribution in [0.15, 0.2) is 12.1 Å². The molecule has 16 heavy (non-hydrogen) atoms. The van der Waals surface area contributed by atoms with Crippen molar-refractivity contribution in [1.82, 2.24) is 0 Å². The molecule has 0 spiro atoms. The minimum absolute atomic E-state index is 0.0428. The van der Waals surface area contributed by atoms with Crippen LogP contribution in [-0.4, -0.2) is 16.0 Å². The number of carboxylic acid groups (broad SMARTS) is 1. The highest BCUT2D eigenvalue weighted by atomic mass is 79.9. The number of carboxylic acids is 1. The van der Waals surface area contributed by atoms with Gasteiger partial charge in [0.15, 0.2) is 0 Å². The minimum atomic E-state index is -0.996. The van der Waals surface area contributed by atoms with Crippen molar-refractivity contribution in [1.29, 1.82) is 0 Å². The first-order chi connectivity index (χ1) is 7.45. The van der Waals surface area contributed by atoms with Crippen LogP contribution in [-0.2, 0) is 16.5 Å². The van der Waals surface area contributed by atoms with E-state index in [0.29, 0.717) is 16.5 Å². The first kappa shape index (κ1) is 12.6. The molecule has 0 radical (unpaired) electrons. The second kappa shape index (κ2) is 5.07. The number of rotatable bonds is 4. The van der Waals surface area contributed by atoms with Crippen LogP contribution < -0.4 is 0 Å². The summed E-state index contributed by atoms with van der Waals surface area (Å²) < 4.78 is 0. The quantitative estimate of drug-likeness (QED) is 0.524. The monoisotopic (exact) mass is 287 g/mol. The lowest BCUT2D eigenvalue weighted by Crippen LogP contribution is -2.04. The number of hydrogen-bond donors (Lipinski definition) is 1. The van der Waals surface area contributed by atoms with Crippen molar-refractivity contribution >= 4 is 27.6 Å². The van der Waals surface area contributed by atoms with Crippen molar-refractivity contribution in [2.45, 2.75) is 18.7 Å². The Hall–Kier alpha value is -1.43. The third kappa shape index (κ3) is 2.79. The minimum Gasteiger partial charge on any atom is -0.481 e. The van der Waals surface area contributed by atoms with E-state index in [0.717, 1.165) is 5.56 Å². The van der Waals surface area contributed by atoms with Gasteiger partial charge in [0.25, 0.3) is 5.69 Å². The van der Waals surface area contributed by atoms with Crippen LogP contribution in [0.2, 0.25) is 0 Å². The molecule has 86 valence electrons. The second-order valence-electron chi connectivity index (χ2n) is 3.37. The topological polar surface area (TPSA) is 80.4 Å². The Kier molecular flexibility index (Phi) is 4.00. The van der Waals surface area contributed by atoms with E-state index in [4.69, 9.17) is 5.11 Å². The molecule has 0 aromatic heterocycles. The molecule has 0 atom stereocenters. The van der Waals surface area contributed by atoms with Gasteiger partial charge in [-0.25, -0.2) is 0 Å². The zero-order valence-electron chi connectivity index (χ0n) is 8.57. The van der Waals surface area contributed by atoms with E-state index in [-0.39, 0.29) is 12.1 Å². The normalized spacial score (nSPS) is 10.1. The highest BCUT2D eigenvalue weighted by Gasteiger charge is 2.16. The van der Waals surface area contributed by atoms with Gasteiger partial charge < -0.3 is 5.11 Å². The number of aliphatic carboxylic acids is 1. The van der Waals surface area contributed by atoms with Gasteiger partial charge in [-0.15, -0.1) is 0 Å². The number of benzene rings is 1. The smallest absolute Gasteiger partial charge is 0.307 e. The summed E-state index contributed by atoms with van der Waals surface area (Å²) in [6, 6.07) is 2.98. The number of halogens is 1. The molecule has 0 aliphatic heterocycles. The number of nitro groups is 1. The van der Waals surface area contributed by atoms with Gasteiger partial charge in [0.2, 0.25) is 0 Å². The number of nitrogens with zero attached hydrogens (tertiary/aromatic N) is 1. The van der Waals surface area contributed by atoms with Crippen molar-refractivity contribution in [3.8, 4) is 0 Å². The average Bonchev–Trinajstić information content (AvgIpc) is 2.19. The molecule has 1 aromatic carbocycles. The third-order valence-corrected chi connectivity index (χ3v) is 2.82. The number of hydrogen-bond acceptors (Lipinski definition) is 3. The molecule has 0 heterocycles. The SMILES string of the molecule is Cc1cc(CBr)c([N+](=O)[O-])cc1CC(=O)O. The number of carbonyl (C=O) groups is 1. The molecule has 0 saturated heterocycles. The van der Waals surface area contributed by atoms with Gasteiger partial charge in [-0.3, -0.25) is 14.9 Å². The van der Waals surface area contributed by atoms with E-state index in [2.05, 4.69) is 15.9 Å². The fourth-order valence-electron chi connectivity index (χ4n) is 1.43. The maximum absolute atomic E-state index is 10.8. The summed E-state index contributed by atoms with van der Waals surface area (Å²) in [6.45, 7) is 1.74. The Labute approximate surface area is 100 Å². The van der Waals surface area contributed by atoms with E-state index in [1.54, 1.807) is 13.0 Å². The van der Waals surface area contributed by atoms with Crippen LogP contribution in [0.25, 0.3) is 0 Å². The number of aryl methyl sites for hydroxylation is 1. The maximum atomic E-state index is 10.8. The van der Waals surface area contributed by atoms with E-state index >= 15 is 0 Å². The Balaban J connectivity index is 3.27. The van der Waals surface area contributed by atoms with Crippen LogP contribution in [0.5, 0.6) is 0 Å². The van der Waals surface area contributed by atoms with Gasteiger partial charge >= 0.3 is 5.97 Å². The summed E-state index contributed by atoms with van der Waals surface area (Å²) in [6.07, 6.45) is -0.199. The highest BCUT2D eigenvalue weighted by molar-refractivity contribution is 9.08. The fraction of sp³-hybridized carbons (Fsp3) is 0.300. The zero-order valence-corrected chi connectivity index (χ0v) is 10.2. The molecule has 0 fully saturated rings. The van der Waals surface area contributed by atoms with Crippen LogP contribution in [0.1, 0.15) is 16.7 Å². The van der Waals surface area contributed by atoms with E-state index in [9.17, 15) is 14.9 Å². The molecule has 0 aliphatic rings. The van der Waals surface area contributed by atoms with Gasteiger partial charge in [0.1, 0.15) is 0 Å². The van der Waals surface area contributed by atoms with Gasteiger partial charge in [-0.1, -0.05) is 15.9 Å². The Bertz CT molecular complexity index is 445. The second-order valence-corrected chi connectivity index (χ2v) is 3.93. The van der Waals surface area contributed by atoms with E-state index < -0.39 is 10.9 Å². The summed E-state index contributed by atoms with van der Waals surface area (Å²) in [7, 11) is 0. The van der Waals surface area contributed by atoms with Gasteiger partial charge in [0, 0.05) is 17.0 Å². The van der Waals surface area contributed by atoms with Crippen molar-refractivity contribution in [3.63, 3.8) is 0 Å². The molecule has 6 heteroatoms. The Morgan fingerprint density at radius 1 is 1.50 bits per heavy atom. The molecule has 1 aromatic rings. The lowest BCUT2D eigenvalue weighted by atomic mass is 10.0. The van der Waals surface area contributed by atoms with Crippen LogP contribution >= 0.6 is 15.9 Å². The largest absolute Gasteiger partial charge is 0.481 e. The summed E-state index contributed by atoms with van der Waals surface area (Å²) >= 11 is 3.17. The van der Waals surface area contributed by atoms with Crippen molar-refractivity contribution in [2.75, 3.05) is 0 Å². The molecule has 1 rings (SSSR count). The number of nitro benzene ring substituents is 1. The molecule has 0 unspecified atom stereocenters. The van der Waals surface area contributed by atoms with E-state index in [1.165, 1.54) is 6.07 Å². The first-order valence-corrected chi connectivity index (χ1v) is 5.62. The van der Waals surface area contributed by atoms with Crippen LogP contribution in [0, 0.1) is 17.0 Å². The summed E-state index contributed by atoms with van der Waals surface area (Å²) in [5, 5.41) is 19.8. The molecule has 0 saturated carbocycles. The lowest BCUT2D eigenvalue weighted by Gasteiger charge is -2.06. The summed E-state index contributed by atoms with van der Waals surface area (Å²) in [4.78, 5) is 20.8. The van der Waals surface area contributed by atoms with Gasteiger partial charge in [-0.2, -0.15) is 0 Å². The highest BCUT2D eigenvalue weighted by Crippen LogP contribution is 2.25. The molecule has 1 N–H and O–H groups in total.